The van der Waals surface area contributed by atoms with E-state index in [1.165, 1.54) is 4.90 Å². The van der Waals surface area contributed by atoms with E-state index in [9.17, 15) is 22.4 Å². The quantitative estimate of drug-likeness (QED) is 0.757. The predicted molar refractivity (Wildman–Crippen MR) is 96.8 cm³/mol. The summed E-state index contributed by atoms with van der Waals surface area (Å²) in [4.78, 5) is 21.3. The number of aryl methyl sites for hydroxylation is 1. The van der Waals surface area contributed by atoms with Crippen LogP contribution in [-0.4, -0.2) is 46.1 Å². The molecule has 3 heterocycles. The first kappa shape index (κ1) is 20.7. The second kappa shape index (κ2) is 8.12. The first-order chi connectivity index (χ1) is 13.2. The third-order valence-corrected chi connectivity index (χ3v) is 5.48. The van der Waals surface area contributed by atoms with E-state index in [0.29, 0.717) is 17.9 Å². The summed E-state index contributed by atoms with van der Waals surface area (Å²) in [6, 6.07) is 3.81. The standard InChI is InChI=1S/C18H20F4N4OS/c1-12-2-3-13(24-8-12)9-23-11-17(19)4-6-26(7-5-17)16(27)15-25-14(10-28-15)18(20,21)22/h2-3,8,10,23H,4-7,9,11H2,1H3. The van der Waals surface area contributed by atoms with Crippen LogP contribution in [0.4, 0.5) is 17.6 Å². The molecular weight excluding hydrogens is 396 g/mol. The SMILES string of the molecule is Cc1ccc(CNCC2(F)CCN(C(=O)c3nc(C(F)(F)F)cs3)CC2)nc1. The monoisotopic (exact) mass is 416 g/mol. The van der Waals surface area contributed by atoms with Crippen LogP contribution in [0.15, 0.2) is 23.7 Å². The minimum absolute atomic E-state index is 0.116. The number of nitrogens with zero attached hydrogens (tertiary/aromatic N) is 3. The zero-order valence-corrected chi connectivity index (χ0v) is 16.0. The maximum Gasteiger partial charge on any atom is 0.434 e. The van der Waals surface area contributed by atoms with E-state index in [1.54, 1.807) is 6.20 Å². The molecule has 1 N–H and O–H groups in total. The summed E-state index contributed by atoms with van der Waals surface area (Å²) in [6.45, 7) is 2.78. The van der Waals surface area contributed by atoms with Crippen molar-refractivity contribution in [3.63, 3.8) is 0 Å². The normalized spacial score (nSPS) is 17.0. The Bertz CT molecular complexity index is 814. The Labute approximate surface area is 163 Å². The number of alkyl halides is 4. The van der Waals surface area contributed by atoms with Crippen molar-refractivity contribution in [3.05, 3.63) is 45.7 Å². The van der Waals surface area contributed by atoms with Crippen LogP contribution in [0.25, 0.3) is 0 Å². The number of thiazole rings is 1. The molecule has 0 bridgehead atoms. The summed E-state index contributed by atoms with van der Waals surface area (Å²) < 4.78 is 52.8. The summed E-state index contributed by atoms with van der Waals surface area (Å²) >= 11 is 0.655. The molecule has 1 saturated heterocycles. The van der Waals surface area contributed by atoms with E-state index in [0.717, 1.165) is 16.6 Å². The van der Waals surface area contributed by atoms with E-state index in [-0.39, 0.29) is 37.5 Å². The largest absolute Gasteiger partial charge is 0.434 e. The van der Waals surface area contributed by atoms with Crippen molar-refractivity contribution in [1.82, 2.24) is 20.2 Å². The zero-order chi connectivity index (χ0) is 20.4. The number of aromatic nitrogens is 2. The molecule has 1 aliphatic rings. The molecule has 1 aliphatic heterocycles. The molecule has 10 heteroatoms. The van der Waals surface area contributed by atoms with Crippen LogP contribution >= 0.6 is 11.3 Å². The van der Waals surface area contributed by atoms with E-state index in [4.69, 9.17) is 0 Å². The van der Waals surface area contributed by atoms with Crippen LogP contribution in [-0.2, 0) is 12.7 Å². The Morgan fingerprint density at radius 3 is 2.61 bits per heavy atom. The van der Waals surface area contributed by atoms with Gasteiger partial charge in [0.2, 0.25) is 0 Å². The minimum atomic E-state index is -4.58. The highest BCUT2D eigenvalue weighted by atomic mass is 32.1. The molecule has 0 unspecified atom stereocenters. The summed E-state index contributed by atoms with van der Waals surface area (Å²) in [5.74, 6) is -0.584. The van der Waals surface area contributed by atoms with Crippen LogP contribution in [0.1, 0.15) is 39.6 Å². The van der Waals surface area contributed by atoms with Crippen LogP contribution in [0.2, 0.25) is 0 Å². The number of pyridine rings is 1. The highest BCUT2D eigenvalue weighted by molar-refractivity contribution is 7.11. The van der Waals surface area contributed by atoms with Gasteiger partial charge in [-0.1, -0.05) is 6.07 Å². The van der Waals surface area contributed by atoms with Crippen LogP contribution in [0.5, 0.6) is 0 Å². The predicted octanol–water partition coefficient (Wildman–Crippen LogP) is 3.60. The Morgan fingerprint density at radius 1 is 1.32 bits per heavy atom. The average Bonchev–Trinajstić information content (AvgIpc) is 3.14. The maximum atomic E-state index is 15.0. The van der Waals surface area contributed by atoms with Gasteiger partial charge in [-0.2, -0.15) is 13.2 Å². The lowest BCUT2D eigenvalue weighted by atomic mass is 9.93. The van der Waals surface area contributed by atoms with Crippen molar-refractivity contribution in [2.45, 2.75) is 38.2 Å². The number of carbonyl (C=O) groups is 1. The van der Waals surface area contributed by atoms with Crippen molar-refractivity contribution in [3.8, 4) is 0 Å². The maximum absolute atomic E-state index is 15.0. The van der Waals surface area contributed by atoms with Gasteiger partial charge in [0.15, 0.2) is 10.7 Å². The molecule has 0 atom stereocenters. The fraction of sp³-hybridized carbons (Fsp3) is 0.500. The molecule has 0 aromatic carbocycles. The molecule has 1 amide bonds. The number of hydrogen-bond acceptors (Lipinski definition) is 5. The number of amides is 1. The van der Waals surface area contributed by atoms with E-state index < -0.39 is 23.4 Å². The molecule has 0 spiro atoms. The molecular formula is C18H20F4N4OS. The Morgan fingerprint density at radius 2 is 2.04 bits per heavy atom. The first-order valence-corrected chi connectivity index (χ1v) is 9.67. The number of piperidine rings is 1. The third-order valence-electron chi connectivity index (χ3n) is 4.64. The van der Waals surface area contributed by atoms with Crippen molar-refractivity contribution < 1.29 is 22.4 Å². The zero-order valence-electron chi connectivity index (χ0n) is 15.2. The molecule has 0 aliphatic carbocycles. The van der Waals surface area contributed by atoms with Gasteiger partial charge >= 0.3 is 6.18 Å². The molecule has 2 aromatic rings. The van der Waals surface area contributed by atoms with Gasteiger partial charge in [0.25, 0.3) is 5.91 Å². The lowest BCUT2D eigenvalue weighted by molar-refractivity contribution is -0.140. The van der Waals surface area contributed by atoms with E-state index >= 15 is 0 Å². The molecule has 3 rings (SSSR count). The van der Waals surface area contributed by atoms with Gasteiger partial charge in [0.1, 0.15) is 5.67 Å². The van der Waals surface area contributed by atoms with Crippen LogP contribution in [0, 0.1) is 6.92 Å². The fourth-order valence-corrected chi connectivity index (χ4v) is 3.73. The van der Waals surface area contributed by atoms with Crippen LogP contribution in [0.3, 0.4) is 0 Å². The Kier molecular flexibility index (Phi) is 5.99. The molecule has 0 saturated carbocycles. The van der Waals surface area contributed by atoms with Gasteiger partial charge in [0, 0.05) is 50.6 Å². The van der Waals surface area contributed by atoms with Crippen molar-refractivity contribution in [2.75, 3.05) is 19.6 Å². The highest BCUT2D eigenvalue weighted by Crippen LogP contribution is 2.31. The van der Waals surface area contributed by atoms with Crippen molar-refractivity contribution in [1.29, 1.82) is 0 Å². The first-order valence-electron chi connectivity index (χ1n) is 8.79. The number of rotatable bonds is 5. The summed E-state index contributed by atoms with van der Waals surface area (Å²) in [7, 11) is 0. The second-order valence-electron chi connectivity index (χ2n) is 6.91. The molecule has 152 valence electrons. The molecule has 0 radical (unpaired) electrons. The van der Waals surface area contributed by atoms with Crippen molar-refractivity contribution in [2.24, 2.45) is 0 Å². The van der Waals surface area contributed by atoms with Gasteiger partial charge in [0.05, 0.1) is 5.69 Å². The third kappa shape index (κ3) is 5.05. The summed E-state index contributed by atoms with van der Waals surface area (Å²) in [5.41, 5.74) is -0.690. The molecule has 28 heavy (non-hydrogen) atoms. The van der Waals surface area contributed by atoms with Gasteiger partial charge in [-0.15, -0.1) is 11.3 Å². The summed E-state index contributed by atoms with van der Waals surface area (Å²) in [5, 5.41) is 3.65. The highest BCUT2D eigenvalue weighted by Gasteiger charge is 2.38. The Balaban J connectivity index is 1.49. The molecule has 2 aromatic heterocycles. The van der Waals surface area contributed by atoms with E-state index in [2.05, 4.69) is 15.3 Å². The number of nitrogens with one attached hydrogen (secondary N) is 1. The lowest BCUT2D eigenvalue weighted by Gasteiger charge is -2.36. The number of likely N-dealkylation sites (tertiary alicyclic amines) is 1. The molecule has 1 fully saturated rings. The van der Waals surface area contributed by atoms with Crippen LogP contribution < -0.4 is 5.32 Å². The van der Waals surface area contributed by atoms with Gasteiger partial charge in [-0.3, -0.25) is 9.78 Å². The number of hydrogen-bond donors (Lipinski definition) is 1. The van der Waals surface area contributed by atoms with Crippen molar-refractivity contribution >= 4 is 17.2 Å². The number of carbonyl (C=O) groups excluding carboxylic acids is 1. The van der Waals surface area contributed by atoms with Gasteiger partial charge in [-0.25, -0.2) is 9.37 Å². The minimum Gasteiger partial charge on any atom is -0.336 e. The lowest BCUT2D eigenvalue weighted by Crippen LogP contribution is -2.48. The van der Waals surface area contributed by atoms with E-state index in [1.807, 2.05) is 19.1 Å². The van der Waals surface area contributed by atoms with Gasteiger partial charge < -0.3 is 10.2 Å². The Hall–Kier alpha value is -2.07. The fourth-order valence-electron chi connectivity index (χ4n) is 2.94. The van der Waals surface area contributed by atoms with Gasteiger partial charge in [-0.05, 0) is 18.6 Å². The molecule has 5 nitrogen and oxygen atoms in total. The number of halogens is 4. The topological polar surface area (TPSA) is 58.1 Å². The smallest absolute Gasteiger partial charge is 0.336 e. The summed E-state index contributed by atoms with van der Waals surface area (Å²) in [6.07, 6.45) is -2.60. The average molecular weight is 416 g/mol. The second-order valence-corrected chi connectivity index (χ2v) is 7.77.